The lowest BCUT2D eigenvalue weighted by Gasteiger charge is -2.05. The molecule has 12 heavy (non-hydrogen) atoms. The maximum atomic E-state index is 10.7. The molecule has 0 fully saturated rings. The highest BCUT2D eigenvalue weighted by Gasteiger charge is 2.18. The van der Waals surface area contributed by atoms with Crippen LogP contribution in [-0.4, -0.2) is 17.6 Å². The van der Waals surface area contributed by atoms with Gasteiger partial charge in [-0.2, -0.15) is 0 Å². The summed E-state index contributed by atoms with van der Waals surface area (Å²) in [5, 5.41) is 8.76. The fraction of sp³-hybridized carbons (Fsp3) is 0.375. The van der Waals surface area contributed by atoms with Gasteiger partial charge in [0.15, 0.2) is 0 Å². The maximum absolute atomic E-state index is 10.7. The van der Waals surface area contributed by atoms with Crippen LogP contribution in [0.1, 0.15) is 15.7 Å². The van der Waals surface area contributed by atoms with Crippen molar-refractivity contribution < 1.29 is 9.90 Å². The van der Waals surface area contributed by atoms with Gasteiger partial charge in [0.2, 0.25) is 0 Å². The van der Waals surface area contributed by atoms with E-state index in [9.17, 15) is 4.79 Å². The Morgan fingerprint density at radius 1 is 1.75 bits per heavy atom. The minimum atomic E-state index is -0.848. The van der Waals surface area contributed by atoms with E-state index in [0.717, 1.165) is 9.75 Å². The minimum Gasteiger partial charge on any atom is -0.481 e. The lowest BCUT2D eigenvalue weighted by atomic mass is 10.1. The van der Waals surface area contributed by atoms with Crippen LogP contribution < -0.4 is 5.73 Å². The summed E-state index contributed by atoms with van der Waals surface area (Å²) < 4.78 is 0. The van der Waals surface area contributed by atoms with Crippen LogP contribution in [0.3, 0.4) is 0 Å². The van der Waals surface area contributed by atoms with Crippen molar-refractivity contribution in [2.24, 2.45) is 5.73 Å². The van der Waals surface area contributed by atoms with E-state index in [0.29, 0.717) is 0 Å². The number of carbonyl (C=O) groups is 1. The van der Waals surface area contributed by atoms with Crippen LogP contribution in [0, 0.1) is 6.92 Å². The van der Waals surface area contributed by atoms with Gasteiger partial charge < -0.3 is 10.8 Å². The highest BCUT2D eigenvalue weighted by Crippen LogP contribution is 2.23. The van der Waals surface area contributed by atoms with E-state index in [2.05, 4.69) is 0 Å². The van der Waals surface area contributed by atoms with Gasteiger partial charge in [0.25, 0.3) is 0 Å². The molecule has 1 heterocycles. The van der Waals surface area contributed by atoms with Crippen molar-refractivity contribution in [2.75, 3.05) is 6.54 Å². The molecule has 1 unspecified atom stereocenters. The molecule has 1 aromatic rings. The number of hydrogen-bond donors (Lipinski definition) is 2. The first-order valence-corrected chi connectivity index (χ1v) is 4.46. The van der Waals surface area contributed by atoms with Crippen LogP contribution >= 0.6 is 11.3 Å². The number of rotatable bonds is 3. The third-order valence-corrected chi connectivity index (χ3v) is 2.75. The first-order chi connectivity index (χ1) is 5.65. The van der Waals surface area contributed by atoms with Crippen molar-refractivity contribution >= 4 is 17.3 Å². The normalized spacial score (nSPS) is 12.8. The molecule has 3 N–H and O–H groups in total. The van der Waals surface area contributed by atoms with Gasteiger partial charge in [-0.15, -0.1) is 11.3 Å². The molecule has 4 heteroatoms. The third-order valence-electron chi connectivity index (χ3n) is 1.64. The number of hydrogen-bond acceptors (Lipinski definition) is 3. The van der Waals surface area contributed by atoms with Crippen molar-refractivity contribution in [2.45, 2.75) is 12.8 Å². The molecule has 0 aliphatic carbocycles. The van der Waals surface area contributed by atoms with Crippen LogP contribution in [0.15, 0.2) is 12.1 Å². The predicted molar refractivity (Wildman–Crippen MR) is 48.5 cm³/mol. The second-order valence-electron chi connectivity index (χ2n) is 2.57. The van der Waals surface area contributed by atoms with Crippen molar-refractivity contribution in [1.82, 2.24) is 0 Å². The Balaban J connectivity index is 2.87. The molecule has 0 radical (unpaired) electrons. The lowest BCUT2D eigenvalue weighted by Crippen LogP contribution is -2.19. The van der Waals surface area contributed by atoms with Crippen LogP contribution in [0.4, 0.5) is 0 Å². The fourth-order valence-electron chi connectivity index (χ4n) is 0.979. The van der Waals surface area contributed by atoms with E-state index in [1.165, 1.54) is 11.3 Å². The summed E-state index contributed by atoms with van der Waals surface area (Å²) in [6.07, 6.45) is 0. The summed E-state index contributed by atoms with van der Waals surface area (Å²) in [6, 6.07) is 3.73. The summed E-state index contributed by atoms with van der Waals surface area (Å²) >= 11 is 1.49. The monoisotopic (exact) mass is 185 g/mol. The molecule has 0 aromatic carbocycles. The average Bonchev–Trinajstić information content (AvgIpc) is 2.37. The van der Waals surface area contributed by atoms with Gasteiger partial charge in [0.1, 0.15) is 5.92 Å². The summed E-state index contributed by atoms with van der Waals surface area (Å²) in [5.41, 5.74) is 5.34. The Morgan fingerprint density at radius 2 is 2.42 bits per heavy atom. The van der Waals surface area contributed by atoms with Gasteiger partial charge in [0, 0.05) is 16.3 Å². The molecular weight excluding hydrogens is 174 g/mol. The maximum Gasteiger partial charge on any atom is 0.313 e. The predicted octanol–water partition coefficient (Wildman–Crippen LogP) is 1.18. The molecule has 0 spiro atoms. The number of thiophene rings is 1. The number of carboxylic acids is 1. The quantitative estimate of drug-likeness (QED) is 0.743. The Kier molecular flexibility index (Phi) is 2.83. The second-order valence-corrected chi connectivity index (χ2v) is 3.89. The van der Waals surface area contributed by atoms with Gasteiger partial charge in [-0.25, -0.2) is 0 Å². The Morgan fingerprint density at radius 3 is 2.75 bits per heavy atom. The molecule has 0 bridgehead atoms. The number of aliphatic carboxylic acids is 1. The lowest BCUT2D eigenvalue weighted by molar-refractivity contribution is -0.138. The third kappa shape index (κ3) is 1.84. The molecule has 66 valence electrons. The zero-order valence-corrected chi connectivity index (χ0v) is 7.60. The second kappa shape index (κ2) is 3.69. The molecule has 1 atom stereocenters. The molecule has 0 saturated heterocycles. The minimum absolute atomic E-state index is 0.162. The van der Waals surface area contributed by atoms with Crippen molar-refractivity contribution in [1.29, 1.82) is 0 Å². The molecule has 0 saturated carbocycles. The van der Waals surface area contributed by atoms with Crippen LogP contribution in [0.5, 0.6) is 0 Å². The molecule has 3 nitrogen and oxygen atoms in total. The standard InChI is InChI=1S/C8H11NO2S/c1-5-2-3-7(12-5)6(4-9)8(10)11/h2-3,6H,4,9H2,1H3,(H,10,11). The van der Waals surface area contributed by atoms with Crippen molar-refractivity contribution in [3.8, 4) is 0 Å². The van der Waals surface area contributed by atoms with Crippen molar-refractivity contribution in [3.05, 3.63) is 21.9 Å². The summed E-state index contributed by atoms with van der Waals surface area (Å²) in [7, 11) is 0. The fourth-order valence-corrected chi connectivity index (χ4v) is 1.96. The van der Waals surface area contributed by atoms with E-state index < -0.39 is 11.9 Å². The SMILES string of the molecule is Cc1ccc(C(CN)C(=O)O)s1. The largest absolute Gasteiger partial charge is 0.481 e. The first-order valence-electron chi connectivity index (χ1n) is 3.64. The van der Waals surface area contributed by atoms with Crippen LogP contribution in [-0.2, 0) is 4.79 Å². The average molecular weight is 185 g/mol. The van der Waals surface area contributed by atoms with Crippen LogP contribution in [0.2, 0.25) is 0 Å². The Bertz CT molecular complexity index is 282. The summed E-state index contributed by atoms with van der Waals surface area (Å²) in [5.74, 6) is -1.39. The van der Waals surface area contributed by atoms with Gasteiger partial charge in [-0.05, 0) is 19.1 Å². The topological polar surface area (TPSA) is 63.3 Å². The van der Waals surface area contributed by atoms with E-state index in [1.807, 2.05) is 19.1 Å². The van der Waals surface area contributed by atoms with E-state index in [4.69, 9.17) is 10.8 Å². The van der Waals surface area contributed by atoms with E-state index >= 15 is 0 Å². The molecular formula is C8H11NO2S. The van der Waals surface area contributed by atoms with Gasteiger partial charge in [-0.1, -0.05) is 0 Å². The van der Waals surface area contributed by atoms with Crippen molar-refractivity contribution in [3.63, 3.8) is 0 Å². The van der Waals surface area contributed by atoms with Gasteiger partial charge in [-0.3, -0.25) is 4.79 Å². The zero-order chi connectivity index (χ0) is 9.14. The van der Waals surface area contributed by atoms with E-state index in [-0.39, 0.29) is 6.54 Å². The molecule has 0 amide bonds. The summed E-state index contributed by atoms with van der Waals surface area (Å²) in [4.78, 5) is 12.6. The highest BCUT2D eigenvalue weighted by molar-refractivity contribution is 7.12. The number of nitrogens with two attached hydrogens (primary N) is 1. The van der Waals surface area contributed by atoms with E-state index in [1.54, 1.807) is 0 Å². The zero-order valence-electron chi connectivity index (χ0n) is 6.78. The first kappa shape index (κ1) is 9.22. The summed E-state index contributed by atoms with van der Waals surface area (Å²) in [6.45, 7) is 2.11. The Hall–Kier alpha value is -0.870. The highest BCUT2D eigenvalue weighted by atomic mass is 32.1. The van der Waals surface area contributed by atoms with Gasteiger partial charge >= 0.3 is 5.97 Å². The smallest absolute Gasteiger partial charge is 0.313 e. The molecule has 0 aliphatic heterocycles. The van der Waals surface area contributed by atoms with Crippen LogP contribution in [0.25, 0.3) is 0 Å². The molecule has 1 aromatic heterocycles. The Labute approximate surface area is 74.8 Å². The number of carboxylic acid groups (broad SMARTS) is 1. The van der Waals surface area contributed by atoms with Gasteiger partial charge in [0.05, 0.1) is 0 Å². The molecule has 0 aliphatic rings. The number of aryl methyl sites for hydroxylation is 1. The molecule has 1 rings (SSSR count).